The van der Waals surface area contributed by atoms with E-state index in [0.717, 1.165) is 6.54 Å². The van der Waals surface area contributed by atoms with Crippen LogP contribution in [0.15, 0.2) is 0 Å². The van der Waals surface area contributed by atoms with Crippen molar-refractivity contribution in [2.75, 3.05) is 26.2 Å². The van der Waals surface area contributed by atoms with Crippen LogP contribution >= 0.6 is 0 Å². The topological polar surface area (TPSA) is 29.3 Å². The summed E-state index contributed by atoms with van der Waals surface area (Å²) in [4.78, 5) is 2.64. The highest BCUT2D eigenvalue weighted by atomic mass is 15.1. The smallest absolute Gasteiger partial charge is 0.000671 e. The Morgan fingerprint density at radius 2 is 1.40 bits per heavy atom. The van der Waals surface area contributed by atoms with Crippen LogP contribution in [0, 0.1) is 5.41 Å². The van der Waals surface area contributed by atoms with Crippen molar-refractivity contribution in [3.05, 3.63) is 0 Å². The van der Waals surface area contributed by atoms with E-state index in [1.54, 1.807) is 0 Å². The van der Waals surface area contributed by atoms with Crippen LogP contribution in [0.4, 0.5) is 0 Å². The van der Waals surface area contributed by atoms with E-state index in [0.29, 0.717) is 5.41 Å². The molecule has 2 nitrogen and oxygen atoms in total. The van der Waals surface area contributed by atoms with Crippen LogP contribution in [-0.2, 0) is 0 Å². The third-order valence-corrected chi connectivity index (χ3v) is 5.22. The summed E-state index contributed by atoms with van der Waals surface area (Å²) < 4.78 is 0. The molecule has 20 heavy (non-hydrogen) atoms. The van der Waals surface area contributed by atoms with Gasteiger partial charge < -0.3 is 10.6 Å². The Kier molecular flexibility index (Phi) is 9.54. The van der Waals surface area contributed by atoms with E-state index in [4.69, 9.17) is 5.73 Å². The molecule has 1 aliphatic heterocycles. The minimum Gasteiger partial charge on any atom is -0.330 e. The maximum atomic E-state index is 5.63. The zero-order valence-electron chi connectivity index (χ0n) is 14.1. The lowest BCUT2D eigenvalue weighted by molar-refractivity contribution is 0.0813. The van der Waals surface area contributed by atoms with Gasteiger partial charge in [0.2, 0.25) is 0 Å². The number of nitrogens with zero attached hydrogens (tertiary/aromatic N) is 1. The second kappa shape index (κ2) is 10.6. The van der Waals surface area contributed by atoms with Gasteiger partial charge in [0.05, 0.1) is 0 Å². The van der Waals surface area contributed by atoms with Gasteiger partial charge in [0, 0.05) is 0 Å². The van der Waals surface area contributed by atoms with Gasteiger partial charge in [0.25, 0.3) is 0 Å². The number of hydrogen-bond acceptors (Lipinski definition) is 2. The Hall–Kier alpha value is -0.0800. The van der Waals surface area contributed by atoms with Crippen molar-refractivity contribution < 1.29 is 0 Å². The largest absolute Gasteiger partial charge is 0.330 e. The first-order chi connectivity index (χ1) is 9.76. The highest BCUT2D eigenvalue weighted by molar-refractivity contribution is 4.86. The number of hydrogen-bond donors (Lipinski definition) is 1. The molecule has 1 rings (SSSR count). The van der Waals surface area contributed by atoms with Gasteiger partial charge in [0.15, 0.2) is 0 Å². The van der Waals surface area contributed by atoms with Gasteiger partial charge >= 0.3 is 0 Å². The Balaban J connectivity index is 2.39. The summed E-state index contributed by atoms with van der Waals surface area (Å²) in [7, 11) is 0. The number of unbranched alkanes of at least 4 members (excludes halogenated alkanes) is 4. The highest BCUT2D eigenvalue weighted by Gasteiger charge is 2.33. The predicted molar refractivity (Wildman–Crippen MR) is 90.1 cm³/mol. The maximum Gasteiger partial charge on any atom is -0.000671 e. The molecule has 0 amide bonds. The van der Waals surface area contributed by atoms with Gasteiger partial charge in [-0.2, -0.15) is 0 Å². The highest BCUT2D eigenvalue weighted by Crippen LogP contribution is 2.41. The lowest BCUT2D eigenvalue weighted by atomic mass is 9.71. The van der Waals surface area contributed by atoms with Gasteiger partial charge in [-0.1, -0.05) is 52.4 Å². The van der Waals surface area contributed by atoms with E-state index in [1.807, 2.05) is 0 Å². The Morgan fingerprint density at radius 1 is 0.850 bits per heavy atom. The van der Waals surface area contributed by atoms with E-state index < -0.39 is 0 Å². The zero-order chi connectivity index (χ0) is 14.7. The minimum absolute atomic E-state index is 0.684. The molecule has 0 saturated carbocycles. The number of likely N-dealkylation sites (tertiary alicyclic amines) is 1. The maximum absolute atomic E-state index is 5.63. The van der Waals surface area contributed by atoms with Crippen molar-refractivity contribution >= 4 is 0 Å². The van der Waals surface area contributed by atoms with Crippen LogP contribution in [0.3, 0.4) is 0 Å². The van der Waals surface area contributed by atoms with Crippen molar-refractivity contribution in [3.8, 4) is 0 Å². The summed E-state index contributed by atoms with van der Waals surface area (Å²) in [5, 5.41) is 0. The monoisotopic (exact) mass is 282 g/mol. The first kappa shape index (κ1) is 18.0. The summed E-state index contributed by atoms with van der Waals surface area (Å²) in [6, 6.07) is 0. The molecule has 0 aliphatic carbocycles. The molecule has 0 bridgehead atoms. The normalized spacial score (nSPS) is 19.4. The van der Waals surface area contributed by atoms with Crippen molar-refractivity contribution in [1.82, 2.24) is 4.90 Å². The van der Waals surface area contributed by atoms with Crippen LogP contribution in [0.2, 0.25) is 0 Å². The summed E-state index contributed by atoms with van der Waals surface area (Å²) >= 11 is 0. The molecule has 120 valence electrons. The lowest BCUT2D eigenvalue weighted by Gasteiger charge is -2.42. The molecule has 0 aromatic heterocycles. The van der Waals surface area contributed by atoms with E-state index in [9.17, 15) is 0 Å². The SMILES string of the molecule is CCCCCC1(CCCCC)CCN(CCCN)CC1. The standard InChI is InChI=1S/C18H38N2/c1-3-5-7-10-18(11-8-6-4-2)12-16-20(17-13-18)15-9-14-19/h3-17,19H2,1-2H3. The van der Waals surface area contributed by atoms with Crippen LogP contribution in [0.25, 0.3) is 0 Å². The molecule has 1 saturated heterocycles. The van der Waals surface area contributed by atoms with E-state index in [2.05, 4.69) is 18.7 Å². The molecule has 0 unspecified atom stereocenters. The van der Waals surface area contributed by atoms with E-state index in [1.165, 1.54) is 90.3 Å². The molecule has 0 aromatic rings. The van der Waals surface area contributed by atoms with Gasteiger partial charge in [-0.05, 0) is 63.7 Å². The molecule has 0 radical (unpaired) electrons. The summed E-state index contributed by atoms with van der Waals surface area (Å²) in [6.07, 6.45) is 15.5. The second-order valence-electron chi connectivity index (χ2n) is 6.90. The number of rotatable bonds is 11. The fraction of sp³-hybridized carbons (Fsp3) is 1.00. The molecule has 2 heteroatoms. The molecule has 2 N–H and O–H groups in total. The molecule has 0 atom stereocenters. The molecule has 0 aromatic carbocycles. The van der Waals surface area contributed by atoms with Crippen molar-refractivity contribution in [3.63, 3.8) is 0 Å². The van der Waals surface area contributed by atoms with Crippen molar-refractivity contribution in [2.45, 2.75) is 84.5 Å². The first-order valence-corrected chi connectivity index (χ1v) is 9.19. The average Bonchev–Trinajstić information content (AvgIpc) is 2.47. The van der Waals surface area contributed by atoms with Gasteiger partial charge in [0.1, 0.15) is 0 Å². The lowest BCUT2D eigenvalue weighted by Crippen LogP contribution is -2.41. The van der Waals surface area contributed by atoms with Gasteiger partial charge in [-0.25, -0.2) is 0 Å². The zero-order valence-corrected chi connectivity index (χ0v) is 14.1. The minimum atomic E-state index is 0.684. The Labute approximate surface area is 127 Å². The second-order valence-corrected chi connectivity index (χ2v) is 6.90. The van der Waals surface area contributed by atoms with Crippen LogP contribution in [0.5, 0.6) is 0 Å². The Morgan fingerprint density at radius 3 is 1.85 bits per heavy atom. The van der Waals surface area contributed by atoms with Crippen molar-refractivity contribution in [2.24, 2.45) is 11.1 Å². The fourth-order valence-corrected chi connectivity index (χ4v) is 3.69. The number of piperidine rings is 1. The van der Waals surface area contributed by atoms with Crippen LogP contribution < -0.4 is 5.73 Å². The first-order valence-electron chi connectivity index (χ1n) is 9.19. The third kappa shape index (κ3) is 6.58. The summed E-state index contributed by atoms with van der Waals surface area (Å²) in [5.41, 5.74) is 6.32. The molecule has 1 heterocycles. The number of nitrogens with two attached hydrogens (primary N) is 1. The quantitative estimate of drug-likeness (QED) is 0.562. The molecule has 1 fully saturated rings. The van der Waals surface area contributed by atoms with Crippen LogP contribution in [0.1, 0.15) is 84.5 Å². The predicted octanol–water partition coefficient (Wildman–Crippen LogP) is 4.58. The summed E-state index contributed by atoms with van der Waals surface area (Å²) in [5.74, 6) is 0. The third-order valence-electron chi connectivity index (χ3n) is 5.22. The molecular formula is C18H38N2. The average molecular weight is 283 g/mol. The van der Waals surface area contributed by atoms with Crippen molar-refractivity contribution in [1.29, 1.82) is 0 Å². The molecule has 0 spiro atoms. The van der Waals surface area contributed by atoms with Gasteiger partial charge in [-0.15, -0.1) is 0 Å². The van der Waals surface area contributed by atoms with Gasteiger partial charge in [-0.3, -0.25) is 0 Å². The molecule has 1 aliphatic rings. The molecular weight excluding hydrogens is 244 g/mol. The summed E-state index contributed by atoms with van der Waals surface area (Å²) in [6.45, 7) is 9.33. The Bertz CT molecular complexity index is 207. The van der Waals surface area contributed by atoms with E-state index in [-0.39, 0.29) is 0 Å². The van der Waals surface area contributed by atoms with E-state index >= 15 is 0 Å². The fourth-order valence-electron chi connectivity index (χ4n) is 3.69. The van der Waals surface area contributed by atoms with Crippen LogP contribution in [-0.4, -0.2) is 31.1 Å².